The predicted octanol–water partition coefficient (Wildman–Crippen LogP) is 3.40. The van der Waals surface area contributed by atoms with Crippen molar-refractivity contribution in [1.82, 2.24) is 10.1 Å². The summed E-state index contributed by atoms with van der Waals surface area (Å²) in [4.78, 5) is 16.6. The zero-order chi connectivity index (χ0) is 16.8. The molecule has 1 fully saturated rings. The number of thioether (sulfide) groups is 1. The van der Waals surface area contributed by atoms with E-state index in [1.807, 2.05) is 13.0 Å². The van der Waals surface area contributed by atoms with Crippen LogP contribution < -0.4 is 0 Å². The highest BCUT2D eigenvalue weighted by Gasteiger charge is 2.19. The third kappa shape index (κ3) is 4.58. The molecule has 6 nitrogen and oxygen atoms in total. The molecule has 7 heteroatoms. The third-order valence-corrected chi connectivity index (χ3v) is 4.74. The Hall–Kier alpha value is -1.86. The highest BCUT2D eigenvalue weighted by atomic mass is 32.2. The molecule has 1 aliphatic heterocycles. The molecule has 1 aliphatic rings. The van der Waals surface area contributed by atoms with Gasteiger partial charge in [0.05, 0.1) is 17.4 Å². The first kappa shape index (κ1) is 17.0. The van der Waals surface area contributed by atoms with Gasteiger partial charge in [0.25, 0.3) is 0 Å². The van der Waals surface area contributed by atoms with Gasteiger partial charge in [0.15, 0.2) is 0 Å². The number of hydrogen-bond donors (Lipinski definition) is 0. The normalized spacial score (nSPS) is 17.6. The zero-order valence-electron chi connectivity index (χ0n) is 13.6. The number of hydrogen-bond acceptors (Lipinski definition) is 7. The quantitative estimate of drug-likeness (QED) is 0.585. The number of aromatic nitrogens is 2. The van der Waals surface area contributed by atoms with Gasteiger partial charge >= 0.3 is 5.97 Å². The lowest BCUT2D eigenvalue weighted by Gasteiger charge is -2.22. The van der Waals surface area contributed by atoms with Gasteiger partial charge in [0.2, 0.25) is 0 Å². The molecule has 0 radical (unpaired) electrons. The van der Waals surface area contributed by atoms with Gasteiger partial charge in [-0.25, -0.2) is 9.78 Å². The number of ether oxygens (including phenoxy) is 2. The number of carbonyl (C=O) groups excluding carboxylic acids is 1. The Morgan fingerprint density at radius 1 is 1.46 bits per heavy atom. The molecule has 0 amide bonds. The van der Waals surface area contributed by atoms with Crippen LogP contribution in [0.1, 0.15) is 41.1 Å². The smallest absolute Gasteiger partial charge is 0.340 e. The molecular weight excluding hydrogens is 328 g/mol. The molecule has 0 bridgehead atoms. The maximum absolute atomic E-state index is 12.4. The first-order valence-corrected chi connectivity index (χ1v) is 8.99. The van der Waals surface area contributed by atoms with E-state index in [4.69, 9.17) is 14.0 Å². The lowest BCUT2D eigenvalue weighted by atomic mass is 10.1. The van der Waals surface area contributed by atoms with Crippen LogP contribution in [0.3, 0.4) is 0 Å². The lowest BCUT2D eigenvalue weighted by Crippen LogP contribution is -2.26. The van der Waals surface area contributed by atoms with E-state index in [-0.39, 0.29) is 12.1 Å². The highest BCUT2D eigenvalue weighted by molar-refractivity contribution is 7.98. The maximum atomic E-state index is 12.4. The Labute approximate surface area is 144 Å². The van der Waals surface area contributed by atoms with Crippen molar-refractivity contribution in [3.8, 4) is 0 Å². The van der Waals surface area contributed by atoms with Crippen LogP contribution >= 0.6 is 11.8 Å². The van der Waals surface area contributed by atoms with Crippen LogP contribution in [0.5, 0.6) is 0 Å². The van der Waals surface area contributed by atoms with Crippen LogP contribution in [-0.2, 0) is 15.2 Å². The van der Waals surface area contributed by atoms with Gasteiger partial charge in [-0.05, 0) is 38.3 Å². The molecule has 1 saturated heterocycles. The van der Waals surface area contributed by atoms with E-state index in [1.165, 1.54) is 11.8 Å². The van der Waals surface area contributed by atoms with E-state index in [0.29, 0.717) is 22.9 Å². The minimum atomic E-state index is -0.365. The largest absolute Gasteiger partial charge is 0.459 e. The van der Waals surface area contributed by atoms with Crippen molar-refractivity contribution in [2.24, 2.45) is 0 Å². The summed E-state index contributed by atoms with van der Waals surface area (Å²) in [5, 5.41) is 4.58. The second-order valence-corrected chi connectivity index (χ2v) is 6.62. The summed E-state index contributed by atoms with van der Waals surface area (Å²) < 4.78 is 16.0. The van der Waals surface area contributed by atoms with Gasteiger partial charge in [0.1, 0.15) is 17.4 Å². The topological polar surface area (TPSA) is 74.5 Å². The van der Waals surface area contributed by atoms with Gasteiger partial charge in [-0.3, -0.25) is 0 Å². The van der Waals surface area contributed by atoms with E-state index < -0.39 is 0 Å². The van der Waals surface area contributed by atoms with E-state index >= 15 is 0 Å². The van der Waals surface area contributed by atoms with Crippen molar-refractivity contribution in [2.45, 2.75) is 43.1 Å². The van der Waals surface area contributed by atoms with Crippen LogP contribution in [0.25, 0.3) is 0 Å². The Kier molecular flexibility index (Phi) is 5.87. The Morgan fingerprint density at radius 2 is 2.38 bits per heavy atom. The second-order valence-electron chi connectivity index (χ2n) is 5.66. The Bertz CT molecular complexity index is 683. The number of nitrogens with zero attached hydrogens (tertiary/aromatic N) is 2. The summed E-state index contributed by atoms with van der Waals surface area (Å²) in [6.45, 7) is 2.88. The molecule has 128 valence electrons. The second kappa shape index (κ2) is 8.30. The van der Waals surface area contributed by atoms with Crippen LogP contribution in [0.2, 0.25) is 0 Å². The van der Waals surface area contributed by atoms with E-state index in [9.17, 15) is 4.79 Å². The maximum Gasteiger partial charge on any atom is 0.340 e. The molecule has 0 saturated carbocycles. The van der Waals surface area contributed by atoms with Crippen LogP contribution in [0.4, 0.5) is 0 Å². The molecule has 2 aromatic heterocycles. The van der Waals surface area contributed by atoms with Gasteiger partial charge in [0, 0.05) is 24.6 Å². The number of pyridine rings is 1. The number of rotatable bonds is 6. The standard InChI is InChI=1S/C17H20N2O4S/c1-12-9-13(19-23-12)11-24-16-15(6-4-7-18-16)17(20)22-10-14-5-2-3-8-21-14/h4,6-7,9,14H,2-3,5,8,10-11H2,1H3. The minimum Gasteiger partial charge on any atom is -0.459 e. The van der Waals surface area contributed by atoms with Crippen LogP contribution in [-0.4, -0.2) is 35.4 Å². The number of esters is 1. The first-order chi connectivity index (χ1) is 11.7. The molecular formula is C17H20N2O4S. The van der Waals surface area contributed by atoms with Crippen LogP contribution in [0, 0.1) is 6.92 Å². The third-order valence-electron chi connectivity index (χ3n) is 3.70. The van der Waals surface area contributed by atoms with Crippen molar-refractivity contribution >= 4 is 17.7 Å². The highest BCUT2D eigenvalue weighted by Crippen LogP contribution is 2.25. The average Bonchev–Trinajstić information content (AvgIpc) is 3.04. The van der Waals surface area contributed by atoms with Gasteiger partial charge in [-0.2, -0.15) is 0 Å². The van der Waals surface area contributed by atoms with Crippen molar-refractivity contribution in [3.63, 3.8) is 0 Å². The Morgan fingerprint density at radius 3 is 3.12 bits per heavy atom. The van der Waals surface area contributed by atoms with E-state index in [2.05, 4.69) is 10.1 Å². The van der Waals surface area contributed by atoms with Crippen LogP contribution in [0.15, 0.2) is 33.9 Å². The predicted molar refractivity (Wildman–Crippen MR) is 88.9 cm³/mol. The Balaban J connectivity index is 1.58. The summed E-state index contributed by atoms with van der Waals surface area (Å²) in [6, 6.07) is 5.33. The molecule has 24 heavy (non-hydrogen) atoms. The van der Waals surface area contributed by atoms with Gasteiger partial charge < -0.3 is 14.0 Å². The molecule has 0 aromatic carbocycles. The molecule has 3 heterocycles. The summed E-state index contributed by atoms with van der Waals surface area (Å²) >= 11 is 1.44. The first-order valence-electron chi connectivity index (χ1n) is 8.01. The van der Waals surface area contributed by atoms with Gasteiger partial charge in [-0.15, -0.1) is 0 Å². The molecule has 2 aromatic rings. The number of aryl methyl sites for hydroxylation is 1. The SMILES string of the molecule is Cc1cc(CSc2ncccc2C(=O)OCC2CCCCO2)no1. The molecule has 0 spiro atoms. The van der Waals surface area contributed by atoms with Crippen molar-refractivity contribution < 1.29 is 18.8 Å². The molecule has 0 N–H and O–H groups in total. The fourth-order valence-electron chi connectivity index (χ4n) is 2.47. The molecule has 1 atom stereocenters. The zero-order valence-corrected chi connectivity index (χ0v) is 14.4. The molecule has 3 rings (SSSR count). The fourth-order valence-corrected chi connectivity index (χ4v) is 3.34. The van der Waals surface area contributed by atoms with Gasteiger partial charge in [-0.1, -0.05) is 16.9 Å². The monoisotopic (exact) mass is 348 g/mol. The summed E-state index contributed by atoms with van der Waals surface area (Å²) in [5.41, 5.74) is 1.29. The average molecular weight is 348 g/mol. The minimum absolute atomic E-state index is 0.00794. The van der Waals surface area contributed by atoms with Crippen molar-refractivity contribution in [1.29, 1.82) is 0 Å². The molecule has 1 unspecified atom stereocenters. The van der Waals surface area contributed by atoms with Crippen molar-refractivity contribution in [2.75, 3.05) is 13.2 Å². The molecule has 0 aliphatic carbocycles. The fraction of sp³-hybridized carbons (Fsp3) is 0.471. The summed E-state index contributed by atoms with van der Waals surface area (Å²) in [7, 11) is 0. The summed E-state index contributed by atoms with van der Waals surface area (Å²) in [6.07, 6.45) is 4.81. The number of carbonyl (C=O) groups is 1. The van der Waals surface area contributed by atoms with E-state index in [0.717, 1.165) is 37.3 Å². The van der Waals surface area contributed by atoms with Crippen molar-refractivity contribution in [3.05, 3.63) is 41.4 Å². The lowest BCUT2D eigenvalue weighted by molar-refractivity contribution is -0.0301. The summed E-state index contributed by atoms with van der Waals surface area (Å²) in [5.74, 6) is 0.982. The van der Waals surface area contributed by atoms with E-state index in [1.54, 1.807) is 18.3 Å².